The van der Waals surface area contributed by atoms with Crippen LogP contribution in [0.1, 0.15) is 23.1 Å². The van der Waals surface area contributed by atoms with Gasteiger partial charge in [0, 0.05) is 6.54 Å². The standard InChI is InChI=1S/C19H23NO3/c1-14-4-9-18(15(2)12-14)23-11-10-19(21)20-13-16-5-7-17(22-3)8-6-16/h4-9,12H,10-11,13H2,1-3H3,(H,20,21). The molecule has 122 valence electrons. The molecule has 0 aliphatic carbocycles. The average Bonchev–Trinajstić information content (AvgIpc) is 2.55. The Morgan fingerprint density at radius 2 is 1.83 bits per heavy atom. The van der Waals surface area contributed by atoms with Gasteiger partial charge in [-0.05, 0) is 43.2 Å². The molecule has 1 N–H and O–H groups in total. The number of ether oxygens (including phenoxy) is 2. The normalized spacial score (nSPS) is 10.2. The first-order valence-electron chi connectivity index (χ1n) is 7.68. The maximum absolute atomic E-state index is 11.9. The van der Waals surface area contributed by atoms with Crippen molar-refractivity contribution in [2.75, 3.05) is 13.7 Å². The van der Waals surface area contributed by atoms with Crippen LogP contribution in [0.15, 0.2) is 42.5 Å². The van der Waals surface area contributed by atoms with Crippen LogP contribution in [0, 0.1) is 13.8 Å². The van der Waals surface area contributed by atoms with Crippen LogP contribution in [0.4, 0.5) is 0 Å². The number of carbonyl (C=O) groups excluding carboxylic acids is 1. The summed E-state index contributed by atoms with van der Waals surface area (Å²) in [6.45, 7) is 4.93. The van der Waals surface area contributed by atoms with Crippen LogP contribution < -0.4 is 14.8 Å². The van der Waals surface area contributed by atoms with Crippen molar-refractivity contribution in [3.05, 3.63) is 59.2 Å². The van der Waals surface area contributed by atoms with Gasteiger partial charge in [-0.1, -0.05) is 29.8 Å². The van der Waals surface area contributed by atoms with E-state index in [1.54, 1.807) is 7.11 Å². The van der Waals surface area contributed by atoms with Gasteiger partial charge in [0.25, 0.3) is 0 Å². The van der Waals surface area contributed by atoms with Crippen molar-refractivity contribution >= 4 is 5.91 Å². The van der Waals surface area contributed by atoms with E-state index < -0.39 is 0 Å². The molecule has 23 heavy (non-hydrogen) atoms. The SMILES string of the molecule is COc1ccc(CNC(=O)CCOc2ccc(C)cc2C)cc1. The van der Waals surface area contributed by atoms with E-state index in [0.29, 0.717) is 19.6 Å². The third-order valence-corrected chi connectivity index (χ3v) is 3.57. The summed E-state index contributed by atoms with van der Waals surface area (Å²) in [5.74, 6) is 1.62. The molecule has 0 saturated carbocycles. The van der Waals surface area contributed by atoms with Gasteiger partial charge in [0.1, 0.15) is 11.5 Å². The van der Waals surface area contributed by atoms with Gasteiger partial charge in [0.15, 0.2) is 0 Å². The highest BCUT2D eigenvalue weighted by atomic mass is 16.5. The number of rotatable bonds is 7. The zero-order valence-electron chi connectivity index (χ0n) is 13.9. The van der Waals surface area contributed by atoms with E-state index in [-0.39, 0.29) is 5.91 Å². The van der Waals surface area contributed by atoms with Crippen LogP contribution in [-0.4, -0.2) is 19.6 Å². The zero-order valence-corrected chi connectivity index (χ0v) is 13.9. The lowest BCUT2D eigenvalue weighted by molar-refractivity contribution is -0.121. The molecule has 1 amide bonds. The van der Waals surface area contributed by atoms with Crippen molar-refractivity contribution in [3.8, 4) is 11.5 Å². The van der Waals surface area contributed by atoms with Gasteiger partial charge < -0.3 is 14.8 Å². The van der Waals surface area contributed by atoms with E-state index >= 15 is 0 Å². The number of methoxy groups -OCH3 is 1. The molecule has 0 atom stereocenters. The average molecular weight is 313 g/mol. The maximum atomic E-state index is 11.9. The maximum Gasteiger partial charge on any atom is 0.223 e. The number of hydrogen-bond acceptors (Lipinski definition) is 3. The van der Waals surface area contributed by atoms with Crippen LogP contribution in [0.5, 0.6) is 11.5 Å². The van der Waals surface area contributed by atoms with Crippen LogP contribution in [0.25, 0.3) is 0 Å². The topological polar surface area (TPSA) is 47.6 Å². The van der Waals surface area contributed by atoms with Crippen LogP contribution >= 0.6 is 0 Å². The highest BCUT2D eigenvalue weighted by Crippen LogP contribution is 2.18. The number of nitrogens with one attached hydrogen (secondary N) is 1. The minimum atomic E-state index is -0.0226. The zero-order chi connectivity index (χ0) is 16.7. The molecular weight excluding hydrogens is 290 g/mol. The number of aryl methyl sites for hydroxylation is 2. The summed E-state index contributed by atoms with van der Waals surface area (Å²) in [5, 5.41) is 2.89. The Balaban J connectivity index is 1.72. The molecule has 4 heteroatoms. The van der Waals surface area contributed by atoms with Crippen LogP contribution in [-0.2, 0) is 11.3 Å². The molecule has 0 aromatic heterocycles. The Hall–Kier alpha value is -2.49. The molecule has 0 spiro atoms. The second-order valence-corrected chi connectivity index (χ2v) is 5.49. The van der Waals surface area contributed by atoms with Crippen molar-refractivity contribution in [1.82, 2.24) is 5.32 Å². The molecule has 0 radical (unpaired) electrons. The van der Waals surface area contributed by atoms with E-state index in [1.165, 1.54) is 5.56 Å². The third kappa shape index (κ3) is 5.33. The summed E-state index contributed by atoms with van der Waals surface area (Å²) in [6, 6.07) is 13.6. The smallest absolute Gasteiger partial charge is 0.223 e. The van der Waals surface area contributed by atoms with Gasteiger partial charge in [-0.2, -0.15) is 0 Å². The van der Waals surface area contributed by atoms with Crippen LogP contribution in [0.2, 0.25) is 0 Å². The third-order valence-electron chi connectivity index (χ3n) is 3.57. The lowest BCUT2D eigenvalue weighted by Gasteiger charge is -2.10. The predicted molar refractivity (Wildman–Crippen MR) is 90.9 cm³/mol. The second-order valence-electron chi connectivity index (χ2n) is 5.49. The van der Waals surface area contributed by atoms with Gasteiger partial charge in [-0.3, -0.25) is 4.79 Å². The minimum absolute atomic E-state index is 0.0226. The molecule has 2 aromatic carbocycles. The highest BCUT2D eigenvalue weighted by Gasteiger charge is 2.04. The molecule has 4 nitrogen and oxygen atoms in total. The summed E-state index contributed by atoms with van der Waals surface area (Å²) in [6.07, 6.45) is 0.337. The minimum Gasteiger partial charge on any atom is -0.497 e. The largest absolute Gasteiger partial charge is 0.497 e. The first kappa shape index (κ1) is 16.9. The Morgan fingerprint density at radius 1 is 1.09 bits per heavy atom. The number of amides is 1. The van der Waals surface area contributed by atoms with Crippen molar-refractivity contribution in [1.29, 1.82) is 0 Å². The van der Waals surface area contributed by atoms with E-state index in [0.717, 1.165) is 22.6 Å². The number of hydrogen-bond donors (Lipinski definition) is 1. The molecule has 0 aliphatic heterocycles. The summed E-state index contributed by atoms with van der Waals surface area (Å²) in [7, 11) is 1.63. The summed E-state index contributed by atoms with van der Waals surface area (Å²) >= 11 is 0. The van der Waals surface area contributed by atoms with Gasteiger partial charge in [-0.15, -0.1) is 0 Å². The Morgan fingerprint density at radius 3 is 2.48 bits per heavy atom. The summed E-state index contributed by atoms with van der Waals surface area (Å²) in [5.41, 5.74) is 3.32. The van der Waals surface area contributed by atoms with E-state index in [2.05, 4.69) is 11.4 Å². The second kappa shape index (κ2) is 8.22. The molecule has 0 saturated heterocycles. The molecule has 0 heterocycles. The number of benzene rings is 2. The highest BCUT2D eigenvalue weighted by molar-refractivity contribution is 5.76. The monoisotopic (exact) mass is 313 g/mol. The molecule has 0 bridgehead atoms. The van der Waals surface area contributed by atoms with Crippen molar-refractivity contribution in [2.24, 2.45) is 0 Å². The fourth-order valence-corrected chi connectivity index (χ4v) is 2.25. The molecule has 2 aromatic rings. The number of carbonyl (C=O) groups is 1. The van der Waals surface area contributed by atoms with Gasteiger partial charge >= 0.3 is 0 Å². The Labute approximate surface area is 137 Å². The van der Waals surface area contributed by atoms with Crippen molar-refractivity contribution in [3.63, 3.8) is 0 Å². The Kier molecular flexibility index (Phi) is 6.03. The first-order chi connectivity index (χ1) is 11.1. The fraction of sp³-hybridized carbons (Fsp3) is 0.316. The van der Waals surface area contributed by atoms with Crippen LogP contribution in [0.3, 0.4) is 0 Å². The van der Waals surface area contributed by atoms with E-state index in [1.807, 2.05) is 50.2 Å². The molecule has 0 unspecified atom stereocenters. The molecular formula is C19H23NO3. The lowest BCUT2D eigenvalue weighted by Crippen LogP contribution is -2.24. The van der Waals surface area contributed by atoms with Gasteiger partial charge in [0.2, 0.25) is 5.91 Å². The summed E-state index contributed by atoms with van der Waals surface area (Å²) in [4.78, 5) is 11.9. The molecule has 0 aliphatic rings. The molecule has 0 fully saturated rings. The predicted octanol–water partition coefficient (Wildman–Crippen LogP) is 3.40. The first-order valence-corrected chi connectivity index (χ1v) is 7.68. The van der Waals surface area contributed by atoms with Crippen molar-refractivity contribution in [2.45, 2.75) is 26.8 Å². The van der Waals surface area contributed by atoms with Gasteiger partial charge in [0.05, 0.1) is 20.1 Å². The quantitative estimate of drug-likeness (QED) is 0.852. The Bertz CT molecular complexity index is 650. The fourth-order valence-electron chi connectivity index (χ4n) is 2.25. The lowest BCUT2D eigenvalue weighted by atomic mass is 10.1. The van der Waals surface area contributed by atoms with Gasteiger partial charge in [-0.25, -0.2) is 0 Å². The molecule has 2 rings (SSSR count). The van der Waals surface area contributed by atoms with Crippen molar-refractivity contribution < 1.29 is 14.3 Å². The summed E-state index contributed by atoms with van der Waals surface area (Å²) < 4.78 is 10.8. The van der Waals surface area contributed by atoms with E-state index in [4.69, 9.17) is 9.47 Å². The van der Waals surface area contributed by atoms with E-state index in [9.17, 15) is 4.79 Å².